The van der Waals surface area contributed by atoms with Crippen molar-refractivity contribution in [2.24, 2.45) is 0 Å². The predicted octanol–water partition coefficient (Wildman–Crippen LogP) is -1.08. The van der Waals surface area contributed by atoms with Crippen LogP contribution < -0.4 is 0 Å². The van der Waals surface area contributed by atoms with Gasteiger partial charge in [-0.3, -0.25) is 0 Å². The maximum atomic E-state index is 10.00. The van der Waals surface area contributed by atoms with Gasteiger partial charge in [-0.2, -0.15) is 0 Å². The van der Waals surface area contributed by atoms with E-state index in [1.165, 1.54) is 12.2 Å². The molecule has 4 nitrogen and oxygen atoms in total. The third-order valence-corrected chi connectivity index (χ3v) is 3.32. The normalized spacial score (nSPS) is 55.1. The van der Waals surface area contributed by atoms with E-state index in [0.717, 1.165) is 0 Å². The van der Waals surface area contributed by atoms with Gasteiger partial charge in [0.05, 0.1) is 0 Å². The zero-order chi connectivity index (χ0) is 9.69. The maximum Gasteiger partial charge on any atom is 0.125 e. The summed E-state index contributed by atoms with van der Waals surface area (Å²) in [5.41, 5.74) is -3.14. The highest BCUT2D eigenvalue weighted by Gasteiger charge is 2.61. The molecule has 0 unspecified atom stereocenters. The Bertz CT molecular complexity index is 228. The molecule has 2 rings (SSSR count). The summed E-state index contributed by atoms with van der Waals surface area (Å²) in [5, 5.41) is 39.0. The molecule has 0 radical (unpaired) electrons. The quantitative estimate of drug-likeness (QED) is 0.363. The average molecular weight is 186 g/mol. The molecule has 4 atom stereocenters. The number of hydrogen-bond donors (Lipinski definition) is 4. The lowest BCUT2D eigenvalue weighted by atomic mass is 9.74. The molecule has 0 heterocycles. The van der Waals surface area contributed by atoms with Gasteiger partial charge in [0.15, 0.2) is 0 Å². The molecule has 0 saturated heterocycles. The highest BCUT2D eigenvalue weighted by Crippen LogP contribution is 2.46. The van der Waals surface area contributed by atoms with Crippen molar-refractivity contribution in [1.82, 2.24) is 0 Å². The smallest absolute Gasteiger partial charge is 0.125 e. The zero-order valence-corrected chi connectivity index (χ0v) is 7.22. The average Bonchev–Trinajstić information content (AvgIpc) is 2.40. The van der Waals surface area contributed by atoms with Gasteiger partial charge in [0, 0.05) is 0 Å². The molecule has 74 valence electrons. The minimum Gasteiger partial charge on any atom is -0.386 e. The van der Waals surface area contributed by atoms with Crippen LogP contribution >= 0.6 is 0 Å². The molecule has 0 spiro atoms. The molecular formula is C9H14O4. The van der Waals surface area contributed by atoms with Gasteiger partial charge in [-0.1, -0.05) is 12.2 Å². The van der Waals surface area contributed by atoms with Crippen LogP contribution in [0.2, 0.25) is 0 Å². The Kier molecular flexibility index (Phi) is 1.79. The number of aliphatic hydroxyl groups is 4. The molecule has 0 aromatic carbocycles. The fourth-order valence-electron chi connectivity index (χ4n) is 2.40. The number of hydrogen-bond acceptors (Lipinski definition) is 4. The minimum absolute atomic E-state index is 0.325. The lowest BCUT2D eigenvalue weighted by Gasteiger charge is -2.45. The largest absolute Gasteiger partial charge is 0.386 e. The highest BCUT2D eigenvalue weighted by molar-refractivity contribution is 5.24. The van der Waals surface area contributed by atoms with E-state index in [2.05, 4.69) is 0 Å². The van der Waals surface area contributed by atoms with Crippen molar-refractivity contribution >= 4 is 0 Å². The van der Waals surface area contributed by atoms with Gasteiger partial charge in [0.2, 0.25) is 0 Å². The van der Waals surface area contributed by atoms with Crippen LogP contribution in [-0.4, -0.2) is 43.8 Å². The fourth-order valence-corrected chi connectivity index (χ4v) is 2.40. The van der Waals surface area contributed by atoms with Gasteiger partial charge in [0.25, 0.3) is 0 Å². The third kappa shape index (κ3) is 0.942. The first-order chi connectivity index (χ1) is 6.01. The van der Waals surface area contributed by atoms with E-state index >= 15 is 0 Å². The number of fused-ring (bicyclic) bond motifs is 1. The molecule has 0 aromatic rings. The van der Waals surface area contributed by atoms with E-state index in [4.69, 9.17) is 0 Å². The molecule has 4 N–H and O–H groups in total. The Balaban J connectivity index is 2.44. The summed E-state index contributed by atoms with van der Waals surface area (Å²) < 4.78 is 0. The molecule has 2 aliphatic carbocycles. The van der Waals surface area contributed by atoms with Crippen LogP contribution in [0.25, 0.3) is 0 Å². The predicted molar refractivity (Wildman–Crippen MR) is 44.9 cm³/mol. The molecule has 2 aliphatic rings. The molecule has 1 saturated carbocycles. The number of aliphatic hydroxyl groups excluding tert-OH is 2. The fraction of sp³-hybridized carbons (Fsp3) is 0.778. The van der Waals surface area contributed by atoms with Crippen molar-refractivity contribution in [1.29, 1.82) is 0 Å². The van der Waals surface area contributed by atoms with Crippen LogP contribution in [0, 0.1) is 0 Å². The Labute approximate surface area is 76.1 Å². The molecular weight excluding hydrogens is 172 g/mol. The summed E-state index contributed by atoms with van der Waals surface area (Å²) >= 11 is 0. The van der Waals surface area contributed by atoms with Crippen molar-refractivity contribution in [3.05, 3.63) is 12.2 Å². The van der Waals surface area contributed by atoms with Crippen LogP contribution in [-0.2, 0) is 0 Å². The van der Waals surface area contributed by atoms with Crippen LogP contribution in [0.3, 0.4) is 0 Å². The lowest BCUT2D eigenvalue weighted by molar-refractivity contribution is -0.210. The standard InChI is InChI=1S/C9H14O4/c10-6-2-3-7(11)9(13)5-1-4-8(6,9)12/h2-3,6-7,10-13H,1,4-5H2/t6-,7+,8-,9-/m0/s1. The molecule has 13 heavy (non-hydrogen) atoms. The first kappa shape index (κ1) is 9.15. The van der Waals surface area contributed by atoms with Crippen LogP contribution in [0.4, 0.5) is 0 Å². The van der Waals surface area contributed by atoms with Crippen molar-refractivity contribution in [2.45, 2.75) is 42.7 Å². The molecule has 1 fully saturated rings. The van der Waals surface area contributed by atoms with Crippen molar-refractivity contribution in [3.8, 4) is 0 Å². The monoisotopic (exact) mass is 186 g/mol. The first-order valence-corrected chi connectivity index (χ1v) is 4.50. The molecule has 0 aliphatic heterocycles. The first-order valence-electron chi connectivity index (χ1n) is 4.50. The van der Waals surface area contributed by atoms with Gasteiger partial charge in [0.1, 0.15) is 23.4 Å². The summed E-state index contributed by atoms with van der Waals surface area (Å²) in [6, 6.07) is 0. The SMILES string of the molecule is O[C@@H]1C=C[C@H](O)[C@@]2(O)CCC[C@]12O. The van der Waals surface area contributed by atoms with Crippen LogP contribution in [0.5, 0.6) is 0 Å². The summed E-state index contributed by atoms with van der Waals surface area (Å²) in [7, 11) is 0. The van der Waals surface area contributed by atoms with Crippen LogP contribution in [0.1, 0.15) is 19.3 Å². The summed E-state index contributed by atoms with van der Waals surface area (Å²) in [6.07, 6.45) is 1.78. The van der Waals surface area contributed by atoms with E-state index < -0.39 is 23.4 Å². The van der Waals surface area contributed by atoms with E-state index in [1.54, 1.807) is 0 Å². The van der Waals surface area contributed by atoms with E-state index in [1.807, 2.05) is 0 Å². The molecule has 0 amide bonds. The van der Waals surface area contributed by atoms with Gasteiger partial charge >= 0.3 is 0 Å². The lowest BCUT2D eigenvalue weighted by Crippen LogP contribution is -2.64. The topological polar surface area (TPSA) is 80.9 Å². The second kappa shape index (κ2) is 2.54. The van der Waals surface area contributed by atoms with Gasteiger partial charge in [-0.05, 0) is 19.3 Å². The van der Waals surface area contributed by atoms with E-state index in [-0.39, 0.29) is 0 Å². The second-order valence-electron chi connectivity index (χ2n) is 3.98. The Morgan fingerprint density at radius 3 is 1.69 bits per heavy atom. The van der Waals surface area contributed by atoms with Gasteiger partial charge in [-0.15, -0.1) is 0 Å². The van der Waals surface area contributed by atoms with Crippen molar-refractivity contribution < 1.29 is 20.4 Å². The highest BCUT2D eigenvalue weighted by atomic mass is 16.4. The van der Waals surface area contributed by atoms with E-state index in [0.29, 0.717) is 19.3 Å². The van der Waals surface area contributed by atoms with Crippen molar-refractivity contribution in [2.75, 3.05) is 0 Å². The van der Waals surface area contributed by atoms with Gasteiger partial charge < -0.3 is 20.4 Å². The summed E-state index contributed by atoms with van der Waals surface area (Å²) in [6.45, 7) is 0. The van der Waals surface area contributed by atoms with Crippen LogP contribution in [0.15, 0.2) is 12.2 Å². The molecule has 0 aromatic heterocycles. The molecule has 0 bridgehead atoms. The Hall–Kier alpha value is -0.420. The second-order valence-corrected chi connectivity index (χ2v) is 3.98. The Morgan fingerprint density at radius 2 is 1.31 bits per heavy atom. The van der Waals surface area contributed by atoms with Gasteiger partial charge in [-0.25, -0.2) is 0 Å². The zero-order valence-electron chi connectivity index (χ0n) is 7.22. The Morgan fingerprint density at radius 1 is 0.923 bits per heavy atom. The third-order valence-electron chi connectivity index (χ3n) is 3.32. The minimum atomic E-state index is -1.57. The summed E-state index contributed by atoms with van der Waals surface area (Å²) in [5.74, 6) is 0. The number of rotatable bonds is 0. The maximum absolute atomic E-state index is 10.00. The van der Waals surface area contributed by atoms with Crippen molar-refractivity contribution in [3.63, 3.8) is 0 Å². The van der Waals surface area contributed by atoms with E-state index in [9.17, 15) is 20.4 Å². The summed E-state index contributed by atoms with van der Waals surface area (Å²) in [4.78, 5) is 0. The molecule has 4 heteroatoms.